The zero-order chi connectivity index (χ0) is 16.3. The van der Waals surface area contributed by atoms with E-state index in [1.54, 1.807) is 46.2 Å². The van der Waals surface area contributed by atoms with Gasteiger partial charge in [-0.2, -0.15) is 4.68 Å². The molecule has 0 fully saturated rings. The molecule has 0 bridgehead atoms. The minimum atomic E-state index is -0.561. The second-order valence-electron chi connectivity index (χ2n) is 5.57. The first-order valence-electron chi connectivity index (χ1n) is 6.65. The van der Waals surface area contributed by atoms with Gasteiger partial charge >= 0.3 is 6.09 Å². The van der Waals surface area contributed by atoms with Gasteiger partial charge in [-0.15, -0.1) is 5.10 Å². The second kappa shape index (κ2) is 6.55. The minimum Gasteiger partial charge on any atom is -0.444 e. The van der Waals surface area contributed by atoms with E-state index >= 15 is 0 Å². The van der Waals surface area contributed by atoms with Crippen LogP contribution in [0.4, 0.5) is 4.79 Å². The van der Waals surface area contributed by atoms with Crippen LogP contribution in [0.3, 0.4) is 0 Å². The van der Waals surface area contributed by atoms with E-state index in [2.05, 4.69) is 25.4 Å². The third-order valence-electron chi connectivity index (χ3n) is 2.47. The number of aromatic nitrogens is 5. The highest BCUT2D eigenvalue weighted by Crippen LogP contribution is 2.15. The largest absolute Gasteiger partial charge is 0.444 e. The summed E-state index contributed by atoms with van der Waals surface area (Å²) in [7, 11) is 0. The van der Waals surface area contributed by atoms with Crippen LogP contribution in [-0.4, -0.2) is 36.4 Å². The summed E-state index contributed by atoms with van der Waals surface area (Å²) in [6.07, 6.45) is 2.72. The monoisotopic (exact) mass is 416 g/mol. The molecule has 118 valence electrons. The van der Waals surface area contributed by atoms with E-state index in [0.29, 0.717) is 15.6 Å². The van der Waals surface area contributed by atoms with Gasteiger partial charge in [-0.3, -0.25) is 0 Å². The first kappa shape index (κ1) is 16.6. The van der Waals surface area contributed by atoms with E-state index in [-0.39, 0.29) is 0 Å². The highest BCUT2D eigenvalue weighted by atomic mass is 127. The summed E-state index contributed by atoms with van der Waals surface area (Å²) in [5.41, 5.74) is -0.561. The van der Waals surface area contributed by atoms with Gasteiger partial charge in [0, 0.05) is 35.0 Å². The number of alkyl carbamates (subject to hydrolysis) is 1. The van der Waals surface area contributed by atoms with Crippen molar-refractivity contribution in [3.05, 3.63) is 28.1 Å². The van der Waals surface area contributed by atoms with E-state index in [0.717, 1.165) is 0 Å². The molecule has 1 atom stereocenters. The molecule has 0 aromatic carbocycles. The Balaban J connectivity index is 2.20. The van der Waals surface area contributed by atoms with Crippen LogP contribution in [0.1, 0.15) is 39.6 Å². The molecular formula is C13H17IN6O2. The fourth-order valence-corrected chi connectivity index (χ4v) is 2.14. The second-order valence-corrected chi connectivity index (χ2v) is 6.53. The van der Waals surface area contributed by atoms with Crippen molar-refractivity contribution in [1.29, 1.82) is 0 Å². The van der Waals surface area contributed by atoms with Gasteiger partial charge in [0.2, 0.25) is 3.83 Å². The van der Waals surface area contributed by atoms with Gasteiger partial charge in [0.1, 0.15) is 5.60 Å². The fourth-order valence-electron chi connectivity index (χ4n) is 1.67. The van der Waals surface area contributed by atoms with Crippen molar-refractivity contribution in [3.8, 4) is 5.95 Å². The Morgan fingerprint density at radius 2 is 2.00 bits per heavy atom. The van der Waals surface area contributed by atoms with E-state index < -0.39 is 17.7 Å². The molecule has 0 saturated carbocycles. The summed E-state index contributed by atoms with van der Waals surface area (Å²) in [5.74, 6) is 0.923. The zero-order valence-electron chi connectivity index (χ0n) is 12.7. The fraction of sp³-hybridized carbons (Fsp3) is 0.462. The Kier molecular flexibility index (Phi) is 4.94. The Morgan fingerprint density at radius 1 is 1.36 bits per heavy atom. The summed E-state index contributed by atoms with van der Waals surface area (Å²) < 4.78 is 7.29. The van der Waals surface area contributed by atoms with E-state index in [1.165, 1.54) is 4.68 Å². The third kappa shape index (κ3) is 4.36. The van der Waals surface area contributed by atoms with E-state index in [4.69, 9.17) is 4.74 Å². The van der Waals surface area contributed by atoms with Crippen molar-refractivity contribution in [3.63, 3.8) is 0 Å². The quantitative estimate of drug-likeness (QED) is 0.772. The summed E-state index contributed by atoms with van der Waals surface area (Å²) >= 11 is 2.00. The first-order valence-corrected chi connectivity index (χ1v) is 7.73. The molecule has 2 aromatic heterocycles. The van der Waals surface area contributed by atoms with Crippen LogP contribution >= 0.6 is 22.6 Å². The van der Waals surface area contributed by atoms with Crippen molar-refractivity contribution in [2.45, 2.75) is 39.3 Å². The predicted molar refractivity (Wildman–Crippen MR) is 87.5 cm³/mol. The van der Waals surface area contributed by atoms with Crippen molar-refractivity contribution < 1.29 is 9.53 Å². The zero-order valence-corrected chi connectivity index (χ0v) is 14.9. The smallest absolute Gasteiger partial charge is 0.408 e. The number of nitrogens with zero attached hydrogens (tertiary/aromatic N) is 5. The molecule has 1 unspecified atom stereocenters. The molecule has 2 heterocycles. The van der Waals surface area contributed by atoms with Crippen LogP contribution in [0.2, 0.25) is 0 Å². The molecule has 0 aliphatic heterocycles. The molecular weight excluding hydrogens is 399 g/mol. The van der Waals surface area contributed by atoms with Crippen LogP contribution in [0.25, 0.3) is 5.95 Å². The van der Waals surface area contributed by atoms with Crippen LogP contribution in [0.5, 0.6) is 0 Å². The lowest BCUT2D eigenvalue weighted by Crippen LogP contribution is -2.35. The number of nitrogens with one attached hydrogen (secondary N) is 1. The molecule has 0 aliphatic rings. The standard InChI is InChI=1S/C13H17IN6O2/c1-8(17-12(21)22-13(2,3)4)9-18-10(14)19-20(9)11-15-6-5-7-16-11/h5-8H,1-4H3,(H,17,21). The number of ether oxygens (including phenoxy) is 1. The highest BCUT2D eigenvalue weighted by Gasteiger charge is 2.23. The van der Waals surface area contributed by atoms with E-state index in [1.807, 2.05) is 22.6 Å². The molecule has 0 radical (unpaired) electrons. The average Bonchev–Trinajstić information content (AvgIpc) is 2.79. The van der Waals surface area contributed by atoms with Gasteiger partial charge in [0.25, 0.3) is 5.95 Å². The molecule has 0 spiro atoms. The maximum Gasteiger partial charge on any atom is 0.408 e. The van der Waals surface area contributed by atoms with Crippen molar-refractivity contribution in [2.75, 3.05) is 0 Å². The normalized spacial score (nSPS) is 12.8. The van der Waals surface area contributed by atoms with Crippen molar-refractivity contribution in [2.24, 2.45) is 0 Å². The third-order valence-corrected chi connectivity index (χ3v) is 2.93. The maximum absolute atomic E-state index is 11.9. The number of amides is 1. The minimum absolute atomic E-state index is 0.394. The summed E-state index contributed by atoms with van der Waals surface area (Å²) in [5, 5.41) is 6.99. The number of hydrogen-bond donors (Lipinski definition) is 1. The summed E-state index contributed by atoms with van der Waals surface area (Å²) in [6.45, 7) is 7.21. The van der Waals surface area contributed by atoms with Crippen molar-refractivity contribution >= 4 is 28.7 Å². The lowest BCUT2D eigenvalue weighted by atomic mass is 10.2. The maximum atomic E-state index is 11.9. The summed E-state index contributed by atoms with van der Waals surface area (Å²) in [6, 6.07) is 1.31. The lowest BCUT2D eigenvalue weighted by molar-refractivity contribution is 0.0505. The first-order chi connectivity index (χ1) is 10.3. The van der Waals surface area contributed by atoms with Gasteiger partial charge in [0.05, 0.1) is 6.04 Å². The van der Waals surface area contributed by atoms with Gasteiger partial charge in [-0.1, -0.05) is 0 Å². The number of carbonyl (C=O) groups excluding carboxylic acids is 1. The van der Waals surface area contributed by atoms with E-state index in [9.17, 15) is 4.79 Å². The molecule has 8 nitrogen and oxygen atoms in total. The SMILES string of the molecule is CC(NC(=O)OC(C)(C)C)c1nc(I)nn1-c1ncccn1. The Hall–Kier alpha value is -1.78. The Labute approximate surface area is 141 Å². The average molecular weight is 416 g/mol. The topological polar surface area (TPSA) is 94.8 Å². The Bertz CT molecular complexity index is 652. The lowest BCUT2D eigenvalue weighted by Gasteiger charge is -2.21. The van der Waals surface area contributed by atoms with Gasteiger partial charge < -0.3 is 10.1 Å². The molecule has 22 heavy (non-hydrogen) atoms. The number of carbonyl (C=O) groups is 1. The number of rotatable bonds is 3. The Morgan fingerprint density at radius 3 is 2.59 bits per heavy atom. The molecule has 9 heteroatoms. The molecule has 0 saturated heterocycles. The van der Waals surface area contributed by atoms with Gasteiger partial charge in [-0.25, -0.2) is 19.7 Å². The van der Waals surface area contributed by atoms with Crippen LogP contribution in [0, 0.1) is 3.83 Å². The molecule has 2 rings (SSSR count). The van der Waals surface area contributed by atoms with Crippen LogP contribution < -0.4 is 5.32 Å². The molecule has 0 aliphatic carbocycles. The van der Waals surface area contributed by atoms with Crippen LogP contribution in [-0.2, 0) is 4.74 Å². The highest BCUT2D eigenvalue weighted by molar-refractivity contribution is 14.1. The predicted octanol–water partition coefficient (Wildman–Crippen LogP) is 2.25. The molecule has 2 aromatic rings. The number of hydrogen-bond acceptors (Lipinski definition) is 6. The van der Waals surface area contributed by atoms with Gasteiger partial charge in [-0.05, 0) is 33.8 Å². The van der Waals surface area contributed by atoms with Crippen LogP contribution in [0.15, 0.2) is 18.5 Å². The molecule has 1 amide bonds. The van der Waals surface area contributed by atoms with Crippen molar-refractivity contribution in [1.82, 2.24) is 30.0 Å². The molecule has 1 N–H and O–H groups in total. The van der Waals surface area contributed by atoms with Gasteiger partial charge in [0.15, 0.2) is 5.82 Å². The summed E-state index contributed by atoms with van der Waals surface area (Å²) in [4.78, 5) is 24.5. The number of halogens is 1.